The topological polar surface area (TPSA) is 85.8 Å². The molecule has 1 heterocycles. The highest BCUT2D eigenvalue weighted by atomic mass is 35.5. The number of rotatable bonds is 4. The fourth-order valence-corrected chi connectivity index (χ4v) is 1.58. The highest BCUT2D eigenvalue weighted by Crippen LogP contribution is 2.20. The average molecular weight is 266 g/mol. The number of nitrogens with one attached hydrogen (secondary N) is 1. The minimum absolute atomic E-state index is 0.225. The van der Waals surface area contributed by atoms with Crippen molar-refractivity contribution in [2.75, 3.05) is 11.9 Å². The molecule has 94 valence electrons. The van der Waals surface area contributed by atoms with Crippen LogP contribution in [-0.4, -0.2) is 27.4 Å². The number of carbonyl (C=O) groups excluding carboxylic acids is 1. The number of carbonyl (C=O) groups is 1. The molecule has 1 aromatic heterocycles. The van der Waals surface area contributed by atoms with Crippen LogP contribution in [0.25, 0.3) is 0 Å². The maximum absolute atomic E-state index is 11.9. The van der Waals surface area contributed by atoms with E-state index in [1.165, 1.54) is 4.68 Å². The van der Waals surface area contributed by atoms with Gasteiger partial charge < -0.3 is 11.1 Å². The van der Waals surface area contributed by atoms with Crippen LogP contribution in [0.4, 0.5) is 5.69 Å². The number of hydrogen-bond donors (Lipinski definition) is 2. The molecule has 0 aliphatic carbocycles. The maximum atomic E-state index is 11.9. The van der Waals surface area contributed by atoms with Gasteiger partial charge >= 0.3 is 0 Å². The standard InChI is InChI=1S/C11H12ClN5O/c12-8-3-1-2-4-9(8)14-11(18)10-7-17(6-5-13)16-15-10/h1-4,7H,5-6,13H2,(H,14,18). The first-order valence-corrected chi connectivity index (χ1v) is 5.74. The fraction of sp³-hybridized carbons (Fsp3) is 0.182. The van der Waals surface area contributed by atoms with Crippen molar-refractivity contribution in [1.29, 1.82) is 0 Å². The van der Waals surface area contributed by atoms with Crippen molar-refractivity contribution >= 4 is 23.2 Å². The average Bonchev–Trinajstić information content (AvgIpc) is 2.81. The Bertz CT molecular complexity index is 554. The minimum atomic E-state index is -0.355. The van der Waals surface area contributed by atoms with Crippen molar-refractivity contribution in [2.45, 2.75) is 6.54 Å². The molecular weight excluding hydrogens is 254 g/mol. The van der Waals surface area contributed by atoms with Crippen LogP contribution >= 0.6 is 11.6 Å². The third-order valence-electron chi connectivity index (χ3n) is 2.25. The molecule has 7 heteroatoms. The Morgan fingerprint density at radius 3 is 2.94 bits per heavy atom. The maximum Gasteiger partial charge on any atom is 0.277 e. The second-order valence-corrected chi connectivity index (χ2v) is 4.00. The normalized spacial score (nSPS) is 10.3. The third-order valence-corrected chi connectivity index (χ3v) is 2.58. The predicted molar refractivity (Wildman–Crippen MR) is 68.5 cm³/mol. The Balaban J connectivity index is 2.10. The first-order valence-electron chi connectivity index (χ1n) is 5.37. The van der Waals surface area contributed by atoms with E-state index in [0.29, 0.717) is 23.8 Å². The van der Waals surface area contributed by atoms with E-state index >= 15 is 0 Å². The van der Waals surface area contributed by atoms with Gasteiger partial charge in [-0.05, 0) is 12.1 Å². The lowest BCUT2D eigenvalue weighted by Gasteiger charge is -2.04. The van der Waals surface area contributed by atoms with Crippen molar-refractivity contribution in [3.63, 3.8) is 0 Å². The number of hydrogen-bond acceptors (Lipinski definition) is 4. The molecule has 0 spiro atoms. The van der Waals surface area contributed by atoms with Gasteiger partial charge in [-0.25, -0.2) is 0 Å². The van der Waals surface area contributed by atoms with E-state index in [2.05, 4.69) is 15.6 Å². The number of nitrogens with two attached hydrogens (primary N) is 1. The molecule has 3 N–H and O–H groups in total. The molecule has 2 aromatic rings. The molecule has 0 fully saturated rings. The summed E-state index contributed by atoms with van der Waals surface area (Å²) in [7, 11) is 0. The lowest BCUT2D eigenvalue weighted by molar-refractivity contribution is 0.102. The van der Waals surface area contributed by atoms with Crippen molar-refractivity contribution in [3.8, 4) is 0 Å². The number of amides is 1. The summed E-state index contributed by atoms with van der Waals surface area (Å²) in [6.45, 7) is 0.960. The molecule has 6 nitrogen and oxygen atoms in total. The van der Waals surface area contributed by atoms with Crippen LogP contribution in [0.2, 0.25) is 5.02 Å². The van der Waals surface area contributed by atoms with Crippen LogP contribution < -0.4 is 11.1 Å². The lowest BCUT2D eigenvalue weighted by atomic mass is 10.3. The van der Waals surface area contributed by atoms with E-state index < -0.39 is 0 Å². The molecule has 0 saturated heterocycles. The molecule has 0 aliphatic rings. The summed E-state index contributed by atoms with van der Waals surface area (Å²) in [6, 6.07) is 6.98. The van der Waals surface area contributed by atoms with Crippen LogP contribution in [0.5, 0.6) is 0 Å². The Hall–Kier alpha value is -1.92. The lowest BCUT2D eigenvalue weighted by Crippen LogP contribution is -2.13. The summed E-state index contributed by atoms with van der Waals surface area (Å²) < 4.78 is 1.52. The number of halogens is 1. The minimum Gasteiger partial charge on any atom is -0.329 e. The van der Waals surface area contributed by atoms with E-state index in [1.807, 2.05) is 0 Å². The number of aromatic nitrogens is 3. The zero-order valence-corrected chi connectivity index (χ0v) is 10.3. The van der Waals surface area contributed by atoms with Gasteiger partial charge in [0.2, 0.25) is 0 Å². The number of nitrogens with zero attached hydrogens (tertiary/aromatic N) is 3. The third kappa shape index (κ3) is 2.85. The van der Waals surface area contributed by atoms with Gasteiger partial charge in [-0.1, -0.05) is 28.9 Å². The van der Waals surface area contributed by atoms with E-state index in [-0.39, 0.29) is 11.6 Å². The Kier molecular flexibility index (Phi) is 3.91. The van der Waals surface area contributed by atoms with Gasteiger partial charge in [-0.15, -0.1) is 5.10 Å². The van der Waals surface area contributed by atoms with Crippen LogP contribution in [0, 0.1) is 0 Å². The van der Waals surface area contributed by atoms with Gasteiger partial charge in [0.05, 0.1) is 23.5 Å². The second kappa shape index (κ2) is 5.61. The molecule has 0 saturated carbocycles. The predicted octanol–water partition coefficient (Wildman–Crippen LogP) is 1.14. The van der Waals surface area contributed by atoms with Crippen molar-refractivity contribution < 1.29 is 4.79 Å². The molecule has 0 atom stereocenters. The smallest absolute Gasteiger partial charge is 0.277 e. The van der Waals surface area contributed by atoms with E-state index in [4.69, 9.17) is 17.3 Å². The highest BCUT2D eigenvalue weighted by Gasteiger charge is 2.12. The van der Waals surface area contributed by atoms with Gasteiger partial charge in [-0.2, -0.15) is 0 Å². The Morgan fingerprint density at radius 1 is 1.44 bits per heavy atom. The highest BCUT2D eigenvalue weighted by molar-refractivity contribution is 6.33. The van der Waals surface area contributed by atoms with Crippen molar-refractivity contribution in [3.05, 3.63) is 41.2 Å². The Labute approximate surface area is 109 Å². The summed E-state index contributed by atoms with van der Waals surface area (Å²) in [5.41, 5.74) is 6.15. The summed E-state index contributed by atoms with van der Waals surface area (Å²) in [5.74, 6) is -0.355. The number of benzene rings is 1. The van der Waals surface area contributed by atoms with Crippen LogP contribution in [0.15, 0.2) is 30.5 Å². The molecule has 0 unspecified atom stereocenters. The van der Waals surface area contributed by atoms with Gasteiger partial charge in [0.1, 0.15) is 0 Å². The molecular formula is C11H12ClN5O. The van der Waals surface area contributed by atoms with Crippen LogP contribution in [0.1, 0.15) is 10.5 Å². The fourth-order valence-electron chi connectivity index (χ4n) is 1.39. The Morgan fingerprint density at radius 2 is 2.22 bits per heavy atom. The van der Waals surface area contributed by atoms with Crippen LogP contribution in [0.3, 0.4) is 0 Å². The van der Waals surface area contributed by atoms with Gasteiger partial charge in [0.25, 0.3) is 5.91 Å². The first-order chi connectivity index (χ1) is 8.70. The molecule has 1 amide bonds. The SMILES string of the molecule is NCCn1cc(C(=O)Nc2ccccc2Cl)nn1. The first kappa shape index (κ1) is 12.5. The van der Waals surface area contributed by atoms with Gasteiger partial charge in [0.15, 0.2) is 5.69 Å². The molecule has 2 rings (SSSR count). The molecule has 0 radical (unpaired) electrons. The summed E-state index contributed by atoms with van der Waals surface area (Å²) in [4.78, 5) is 11.9. The molecule has 18 heavy (non-hydrogen) atoms. The molecule has 0 aliphatic heterocycles. The zero-order valence-electron chi connectivity index (χ0n) is 9.51. The van der Waals surface area contributed by atoms with Gasteiger partial charge in [0, 0.05) is 6.54 Å². The van der Waals surface area contributed by atoms with E-state index in [0.717, 1.165) is 0 Å². The number of anilines is 1. The van der Waals surface area contributed by atoms with E-state index in [1.54, 1.807) is 30.5 Å². The monoisotopic (exact) mass is 265 g/mol. The van der Waals surface area contributed by atoms with Crippen LogP contribution in [-0.2, 0) is 6.54 Å². The largest absolute Gasteiger partial charge is 0.329 e. The second-order valence-electron chi connectivity index (χ2n) is 3.59. The zero-order chi connectivity index (χ0) is 13.0. The number of para-hydroxylation sites is 1. The quantitative estimate of drug-likeness (QED) is 0.868. The van der Waals surface area contributed by atoms with Crippen molar-refractivity contribution in [2.24, 2.45) is 5.73 Å². The van der Waals surface area contributed by atoms with Gasteiger partial charge in [-0.3, -0.25) is 9.48 Å². The summed E-state index contributed by atoms with van der Waals surface area (Å²) in [6.07, 6.45) is 1.54. The molecule has 0 bridgehead atoms. The summed E-state index contributed by atoms with van der Waals surface area (Å²) >= 11 is 5.94. The van der Waals surface area contributed by atoms with Crippen molar-refractivity contribution in [1.82, 2.24) is 15.0 Å². The molecule has 1 aromatic carbocycles. The van der Waals surface area contributed by atoms with E-state index in [9.17, 15) is 4.79 Å². The summed E-state index contributed by atoms with van der Waals surface area (Å²) in [5, 5.41) is 10.7.